The van der Waals surface area contributed by atoms with Crippen LogP contribution in [0.1, 0.15) is 25.5 Å². The van der Waals surface area contributed by atoms with Crippen LogP contribution in [0, 0.1) is 0 Å². The highest BCUT2D eigenvalue weighted by molar-refractivity contribution is 7.92. The predicted octanol–water partition coefficient (Wildman–Crippen LogP) is 2.20. The topological polar surface area (TPSA) is 54.4 Å². The number of halogens is 1. The van der Waals surface area contributed by atoms with Gasteiger partial charge in [0.15, 0.2) is 9.84 Å². The van der Waals surface area contributed by atoms with Gasteiger partial charge < -0.3 is 5.11 Å². The fourth-order valence-electron chi connectivity index (χ4n) is 1.25. The van der Waals surface area contributed by atoms with E-state index in [9.17, 15) is 13.5 Å². The Kier molecular flexibility index (Phi) is 3.67. The van der Waals surface area contributed by atoms with Crippen molar-refractivity contribution in [3.8, 4) is 0 Å². The molecule has 0 saturated heterocycles. The second-order valence-electron chi connectivity index (χ2n) is 4.33. The van der Waals surface area contributed by atoms with Gasteiger partial charge in [0.05, 0.1) is 10.9 Å². The van der Waals surface area contributed by atoms with Gasteiger partial charge in [0, 0.05) is 11.3 Å². The minimum absolute atomic E-state index is 0.542. The maximum absolute atomic E-state index is 11.5. The van der Waals surface area contributed by atoms with Gasteiger partial charge in [-0.2, -0.15) is 0 Å². The third kappa shape index (κ3) is 2.56. The maximum atomic E-state index is 11.5. The summed E-state index contributed by atoms with van der Waals surface area (Å²) in [6.07, 6.45) is 0.0475. The molecular weight excluding hydrogens is 248 g/mol. The van der Waals surface area contributed by atoms with Crippen LogP contribution in [0.25, 0.3) is 0 Å². The summed E-state index contributed by atoms with van der Waals surface area (Å²) in [5, 5.41) is 10.6. The van der Waals surface area contributed by atoms with E-state index >= 15 is 0 Å². The Hall–Kier alpha value is -0.580. The number of aliphatic hydroxyl groups excluding tert-OH is 1. The van der Waals surface area contributed by atoms with E-state index in [1.807, 2.05) is 0 Å². The lowest BCUT2D eigenvalue weighted by Gasteiger charge is -2.28. The van der Waals surface area contributed by atoms with Crippen molar-refractivity contribution in [3.63, 3.8) is 0 Å². The van der Waals surface area contributed by atoms with Gasteiger partial charge in [-0.1, -0.05) is 23.7 Å². The third-order valence-electron chi connectivity index (χ3n) is 2.80. The highest BCUT2D eigenvalue weighted by atomic mass is 35.5. The monoisotopic (exact) mass is 262 g/mol. The van der Waals surface area contributed by atoms with Crippen molar-refractivity contribution < 1.29 is 13.5 Å². The third-order valence-corrected chi connectivity index (χ3v) is 5.19. The Morgan fingerprint density at radius 1 is 1.25 bits per heavy atom. The number of benzene rings is 1. The summed E-state index contributed by atoms with van der Waals surface area (Å²) in [6, 6.07) is 6.50. The first-order chi connectivity index (χ1) is 7.16. The second-order valence-corrected chi connectivity index (χ2v) is 7.36. The van der Waals surface area contributed by atoms with Crippen molar-refractivity contribution in [1.82, 2.24) is 0 Å². The van der Waals surface area contributed by atoms with Crippen molar-refractivity contribution >= 4 is 21.4 Å². The Balaban J connectivity index is 3.12. The van der Waals surface area contributed by atoms with Gasteiger partial charge in [-0.3, -0.25) is 0 Å². The van der Waals surface area contributed by atoms with Crippen LogP contribution >= 0.6 is 11.6 Å². The van der Waals surface area contributed by atoms with Crippen molar-refractivity contribution in [2.45, 2.75) is 24.7 Å². The Morgan fingerprint density at radius 2 is 1.69 bits per heavy atom. The molecule has 0 spiro atoms. The molecule has 1 aromatic carbocycles. The van der Waals surface area contributed by atoms with E-state index in [0.29, 0.717) is 10.6 Å². The normalized spacial score (nSPS) is 14.8. The molecule has 16 heavy (non-hydrogen) atoms. The van der Waals surface area contributed by atoms with E-state index in [0.717, 1.165) is 6.26 Å². The van der Waals surface area contributed by atoms with Crippen LogP contribution in [0.5, 0.6) is 0 Å². The second kappa shape index (κ2) is 4.35. The first-order valence-electron chi connectivity index (χ1n) is 4.79. The van der Waals surface area contributed by atoms with Crippen LogP contribution in [0.3, 0.4) is 0 Å². The molecule has 0 aliphatic rings. The highest BCUT2D eigenvalue weighted by Crippen LogP contribution is 2.32. The molecule has 1 rings (SSSR count). The molecule has 3 nitrogen and oxygen atoms in total. The lowest BCUT2D eigenvalue weighted by atomic mass is 9.98. The molecule has 1 aromatic rings. The highest BCUT2D eigenvalue weighted by Gasteiger charge is 2.38. The molecule has 5 heteroatoms. The van der Waals surface area contributed by atoms with Gasteiger partial charge in [0.2, 0.25) is 0 Å². The quantitative estimate of drug-likeness (QED) is 0.909. The van der Waals surface area contributed by atoms with E-state index < -0.39 is 20.7 Å². The van der Waals surface area contributed by atoms with Gasteiger partial charge >= 0.3 is 0 Å². The molecule has 0 heterocycles. The number of rotatable bonds is 3. The van der Waals surface area contributed by atoms with E-state index in [1.54, 1.807) is 24.3 Å². The van der Waals surface area contributed by atoms with Crippen LogP contribution in [0.15, 0.2) is 24.3 Å². The van der Waals surface area contributed by atoms with Crippen LogP contribution in [0.2, 0.25) is 5.02 Å². The Bertz CT molecular complexity index is 463. The molecule has 0 radical (unpaired) electrons. The van der Waals surface area contributed by atoms with Crippen LogP contribution < -0.4 is 0 Å². The summed E-state index contributed by atoms with van der Waals surface area (Å²) in [4.78, 5) is 0. The van der Waals surface area contributed by atoms with Crippen LogP contribution in [0.4, 0.5) is 0 Å². The zero-order chi connectivity index (χ0) is 12.6. The summed E-state index contributed by atoms with van der Waals surface area (Å²) in [7, 11) is -3.34. The zero-order valence-electron chi connectivity index (χ0n) is 9.44. The molecular formula is C11H15ClO3S. The van der Waals surface area contributed by atoms with Crippen LogP contribution in [-0.2, 0) is 9.84 Å². The van der Waals surface area contributed by atoms with Gasteiger partial charge in [-0.15, -0.1) is 0 Å². The minimum atomic E-state index is -3.34. The Labute approximate surface area is 101 Å². The number of aliphatic hydroxyl groups is 1. The summed E-state index contributed by atoms with van der Waals surface area (Å²) in [5.74, 6) is 0. The molecule has 0 saturated carbocycles. The first-order valence-corrected chi connectivity index (χ1v) is 7.06. The SMILES string of the molecule is CC(C)(C(O)c1ccc(Cl)cc1)S(C)(=O)=O. The zero-order valence-corrected chi connectivity index (χ0v) is 11.0. The summed E-state index contributed by atoms with van der Waals surface area (Å²) < 4.78 is 21.9. The first kappa shape index (κ1) is 13.5. The number of sulfone groups is 1. The van der Waals surface area contributed by atoms with Crippen LogP contribution in [-0.4, -0.2) is 24.5 Å². The summed E-state index contributed by atoms with van der Waals surface area (Å²) in [6.45, 7) is 3.00. The molecule has 1 N–H and O–H groups in total. The standard InChI is InChI=1S/C11H15ClO3S/c1-11(2,16(3,14)15)10(13)8-4-6-9(12)7-5-8/h4-7,10,13H,1-3H3. The fourth-order valence-corrected chi connectivity index (χ4v) is 1.92. The Morgan fingerprint density at radius 3 is 2.06 bits per heavy atom. The van der Waals surface area contributed by atoms with E-state index in [-0.39, 0.29) is 0 Å². The van der Waals surface area contributed by atoms with Gasteiger partial charge in [0.25, 0.3) is 0 Å². The molecule has 0 aromatic heterocycles. The number of hydrogen-bond donors (Lipinski definition) is 1. The van der Waals surface area contributed by atoms with E-state index in [2.05, 4.69) is 0 Å². The van der Waals surface area contributed by atoms with Crippen molar-refractivity contribution in [3.05, 3.63) is 34.9 Å². The lowest BCUT2D eigenvalue weighted by Crippen LogP contribution is -2.37. The average molecular weight is 263 g/mol. The molecule has 0 aliphatic heterocycles. The molecule has 1 unspecified atom stereocenters. The molecule has 0 amide bonds. The van der Waals surface area contributed by atoms with Gasteiger partial charge in [0.1, 0.15) is 0 Å². The predicted molar refractivity (Wildman–Crippen MR) is 65.3 cm³/mol. The molecule has 0 bridgehead atoms. The number of hydrogen-bond acceptors (Lipinski definition) is 3. The molecule has 90 valence electrons. The summed E-state index contributed by atoms with van der Waals surface area (Å²) in [5.41, 5.74) is 0.542. The smallest absolute Gasteiger partial charge is 0.155 e. The van der Waals surface area contributed by atoms with Crippen molar-refractivity contribution in [1.29, 1.82) is 0 Å². The largest absolute Gasteiger partial charge is 0.387 e. The molecule has 1 atom stereocenters. The average Bonchev–Trinajstić information content (AvgIpc) is 2.16. The lowest BCUT2D eigenvalue weighted by molar-refractivity contribution is 0.139. The van der Waals surface area contributed by atoms with Gasteiger partial charge in [-0.05, 0) is 31.5 Å². The molecule has 0 fully saturated rings. The van der Waals surface area contributed by atoms with Gasteiger partial charge in [-0.25, -0.2) is 8.42 Å². The minimum Gasteiger partial charge on any atom is -0.387 e. The van der Waals surface area contributed by atoms with Crippen molar-refractivity contribution in [2.24, 2.45) is 0 Å². The van der Waals surface area contributed by atoms with E-state index in [1.165, 1.54) is 13.8 Å². The van der Waals surface area contributed by atoms with Crippen molar-refractivity contribution in [2.75, 3.05) is 6.26 Å². The maximum Gasteiger partial charge on any atom is 0.155 e. The van der Waals surface area contributed by atoms with E-state index in [4.69, 9.17) is 11.6 Å². The fraction of sp³-hybridized carbons (Fsp3) is 0.455. The molecule has 0 aliphatic carbocycles. The summed E-state index contributed by atoms with van der Waals surface area (Å²) >= 11 is 5.72.